The summed E-state index contributed by atoms with van der Waals surface area (Å²) in [6.45, 7) is 2.03. The lowest BCUT2D eigenvalue weighted by Gasteiger charge is -2.26. The first-order valence-corrected chi connectivity index (χ1v) is 8.41. The summed E-state index contributed by atoms with van der Waals surface area (Å²) < 4.78 is 59.7. The molecule has 134 valence electrons. The third kappa shape index (κ3) is 3.17. The Morgan fingerprint density at radius 2 is 1.96 bits per heavy atom. The van der Waals surface area contributed by atoms with E-state index in [9.17, 15) is 22.4 Å². The zero-order valence-corrected chi connectivity index (χ0v) is 13.9. The van der Waals surface area contributed by atoms with Crippen molar-refractivity contribution in [1.82, 2.24) is 9.97 Å². The molecule has 1 unspecified atom stereocenters. The molecule has 3 rings (SSSR count). The van der Waals surface area contributed by atoms with Gasteiger partial charge in [0.05, 0.1) is 12.6 Å². The largest absolute Gasteiger partial charge is 0.461 e. The van der Waals surface area contributed by atoms with E-state index < -0.39 is 41.2 Å². The highest BCUT2D eigenvalue weighted by atomic mass is 32.1. The van der Waals surface area contributed by atoms with Crippen LogP contribution in [0.2, 0.25) is 0 Å². The smallest absolute Gasteiger partial charge is 0.357 e. The first-order valence-electron chi connectivity index (χ1n) is 7.53. The van der Waals surface area contributed by atoms with Crippen LogP contribution in [0.4, 0.5) is 23.2 Å². The molecule has 2 aromatic heterocycles. The van der Waals surface area contributed by atoms with E-state index in [0.717, 1.165) is 11.3 Å². The van der Waals surface area contributed by atoms with Gasteiger partial charge in [0.15, 0.2) is 5.69 Å². The summed E-state index contributed by atoms with van der Waals surface area (Å²) in [4.78, 5) is 19.6. The molecular weight excluding hydrogens is 362 g/mol. The Morgan fingerprint density at radius 3 is 2.60 bits per heavy atom. The molecule has 25 heavy (non-hydrogen) atoms. The molecule has 1 aliphatic rings. The molecule has 3 heterocycles. The number of carbonyl (C=O) groups excluding carboxylic acids is 1. The highest BCUT2D eigenvalue weighted by Gasteiger charge is 2.35. The van der Waals surface area contributed by atoms with Crippen molar-refractivity contribution < 1.29 is 27.1 Å². The van der Waals surface area contributed by atoms with Crippen molar-refractivity contribution in [2.45, 2.75) is 25.8 Å². The van der Waals surface area contributed by atoms with Gasteiger partial charge in [0.25, 0.3) is 11.9 Å². The number of esters is 1. The summed E-state index contributed by atoms with van der Waals surface area (Å²) in [5.41, 5.74) is -0.720. The normalized spacial score (nSPS) is 17.2. The van der Waals surface area contributed by atoms with Crippen LogP contribution < -0.4 is 4.90 Å². The van der Waals surface area contributed by atoms with Gasteiger partial charge >= 0.3 is 5.97 Å². The van der Waals surface area contributed by atoms with E-state index >= 15 is 0 Å². The van der Waals surface area contributed by atoms with Crippen molar-refractivity contribution in [2.75, 3.05) is 18.1 Å². The number of anilines is 1. The summed E-state index contributed by atoms with van der Waals surface area (Å²) in [5.74, 6) is -7.11. The first kappa shape index (κ1) is 17.6. The van der Waals surface area contributed by atoms with Crippen molar-refractivity contribution in [3.05, 3.63) is 39.6 Å². The Labute approximate surface area is 144 Å². The van der Waals surface area contributed by atoms with Gasteiger partial charge in [-0.2, -0.15) is 22.5 Å². The van der Waals surface area contributed by atoms with Gasteiger partial charge < -0.3 is 9.64 Å². The van der Waals surface area contributed by atoms with Crippen LogP contribution in [-0.2, 0) is 4.74 Å². The summed E-state index contributed by atoms with van der Waals surface area (Å²) >= 11 is 1.12. The van der Waals surface area contributed by atoms with Crippen molar-refractivity contribution >= 4 is 23.0 Å². The predicted octanol–water partition coefficient (Wildman–Crippen LogP) is 3.61. The minimum Gasteiger partial charge on any atom is -0.461 e. The number of aromatic nitrogens is 2. The SMILES string of the molecule is CCOC(=O)c1csc(C2CCCN2c2c(F)c(F)nc(F)c2F)n1. The Kier molecular flexibility index (Phi) is 4.89. The fourth-order valence-corrected chi connectivity index (χ4v) is 3.69. The van der Waals surface area contributed by atoms with Gasteiger partial charge in [-0.05, 0) is 19.8 Å². The zero-order chi connectivity index (χ0) is 18.1. The lowest BCUT2D eigenvalue weighted by molar-refractivity contribution is 0.0520. The molecule has 5 nitrogen and oxygen atoms in total. The summed E-state index contributed by atoms with van der Waals surface area (Å²) in [6, 6.07) is -0.599. The van der Waals surface area contributed by atoms with Crippen LogP contribution in [0, 0.1) is 23.5 Å². The summed E-state index contributed by atoms with van der Waals surface area (Å²) in [7, 11) is 0. The molecule has 0 aromatic carbocycles. The number of rotatable bonds is 4. The van der Waals surface area contributed by atoms with Crippen LogP contribution in [-0.4, -0.2) is 29.1 Å². The standard InChI is InChI=1S/C15H13F4N3O2S/c1-2-24-15(23)7-6-25-14(20-7)8-4-3-5-22(8)11-9(16)12(18)21-13(19)10(11)17/h6,8H,2-5H2,1H3. The Balaban J connectivity index is 1.96. The minimum absolute atomic E-state index is 0.0849. The maximum absolute atomic E-state index is 14.0. The average Bonchev–Trinajstić information content (AvgIpc) is 3.22. The zero-order valence-electron chi connectivity index (χ0n) is 13.1. The highest BCUT2D eigenvalue weighted by molar-refractivity contribution is 7.10. The number of nitrogens with zero attached hydrogens (tertiary/aromatic N) is 3. The van der Waals surface area contributed by atoms with Gasteiger partial charge in [-0.15, -0.1) is 11.3 Å². The van der Waals surface area contributed by atoms with E-state index in [1.807, 2.05) is 0 Å². The topological polar surface area (TPSA) is 55.3 Å². The second kappa shape index (κ2) is 6.95. The quantitative estimate of drug-likeness (QED) is 0.464. The molecule has 1 aliphatic heterocycles. The molecular formula is C15H13F4N3O2S. The number of carbonyl (C=O) groups is 1. The van der Waals surface area contributed by atoms with Gasteiger partial charge in [-0.1, -0.05) is 0 Å². The van der Waals surface area contributed by atoms with Gasteiger partial charge in [0.1, 0.15) is 10.7 Å². The Bertz CT molecular complexity index is 788. The second-order valence-electron chi connectivity index (χ2n) is 5.31. The van der Waals surface area contributed by atoms with Gasteiger partial charge in [-0.25, -0.2) is 9.78 Å². The molecule has 1 atom stereocenters. The van der Waals surface area contributed by atoms with Crippen LogP contribution in [0.5, 0.6) is 0 Å². The van der Waals surface area contributed by atoms with Crippen LogP contribution in [0.3, 0.4) is 0 Å². The third-order valence-electron chi connectivity index (χ3n) is 3.81. The lowest BCUT2D eigenvalue weighted by atomic mass is 10.2. The summed E-state index contributed by atoms with van der Waals surface area (Å²) in [6.07, 6.45) is 1.02. The molecule has 0 amide bonds. The fraction of sp³-hybridized carbons (Fsp3) is 0.400. The molecule has 0 saturated carbocycles. The van der Waals surface area contributed by atoms with Crippen LogP contribution >= 0.6 is 11.3 Å². The van der Waals surface area contributed by atoms with E-state index in [1.54, 1.807) is 6.92 Å². The Morgan fingerprint density at radius 1 is 1.28 bits per heavy atom. The molecule has 1 fully saturated rings. The van der Waals surface area contributed by atoms with E-state index in [1.165, 1.54) is 10.3 Å². The molecule has 0 spiro atoms. The maximum atomic E-state index is 14.0. The molecule has 0 N–H and O–H groups in total. The minimum atomic E-state index is -1.70. The Hall–Kier alpha value is -2.23. The predicted molar refractivity (Wildman–Crippen MR) is 81.5 cm³/mol. The molecule has 10 heteroatoms. The number of halogens is 4. The van der Waals surface area contributed by atoms with Gasteiger partial charge in [0, 0.05) is 11.9 Å². The highest BCUT2D eigenvalue weighted by Crippen LogP contribution is 2.40. The number of ether oxygens (including phenoxy) is 1. The molecule has 0 aliphatic carbocycles. The van der Waals surface area contributed by atoms with E-state index in [-0.39, 0.29) is 18.8 Å². The third-order valence-corrected chi connectivity index (χ3v) is 4.75. The van der Waals surface area contributed by atoms with Crippen molar-refractivity contribution in [2.24, 2.45) is 0 Å². The molecule has 0 bridgehead atoms. The molecule has 0 radical (unpaired) electrons. The maximum Gasteiger partial charge on any atom is 0.357 e. The summed E-state index contributed by atoms with van der Waals surface area (Å²) in [5, 5.41) is 1.89. The van der Waals surface area contributed by atoms with E-state index in [4.69, 9.17) is 4.74 Å². The average molecular weight is 375 g/mol. The number of thiazole rings is 1. The number of hydrogen-bond acceptors (Lipinski definition) is 6. The molecule has 1 saturated heterocycles. The van der Waals surface area contributed by atoms with Crippen LogP contribution in [0.15, 0.2) is 5.38 Å². The van der Waals surface area contributed by atoms with E-state index in [2.05, 4.69) is 9.97 Å². The van der Waals surface area contributed by atoms with Crippen molar-refractivity contribution in [3.8, 4) is 0 Å². The molecule has 2 aromatic rings. The second-order valence-corrected chi connectivity index (χ2v) is 6.20. The fourth-order valence-electron chi connectivity index (χ4n) is 2.76. The van der Waals surface area contributed by atoms with Crippen molar-refractivity contribution in [3.63, 3.8) is 0 Å². The van der Waals surface area contributed by atoms with Crippen LogP contribution in [0.1, 0.15) is 41.3 Å². The first-order chi connectivity index (χ1) is 11.9. The number of pyridine rings is 1. The lowest BCUT2D eigenvalue weighted by Crippen LogP contribution is -2.26. The van der Waals surface area contributed by atoms with E-state index in [0.29, 0.717) is 17.8 Å². The van der Waals surface area contributed by atoms with Crippen LogP contribution in [0.25, 0.3) is 0 Å². The van der Waals surface area contributed by atoms with Gasteiger partial charge in [0.2, 0.25) is 11.6 Å². The van der Waals surface area contributed by atoms with Crippen molar-refractivity contribution in [1.29, 1.82) is 0 Å². The monoisotopic (exact) mass is 375 g/mol. The van der Waals surface area contributed by atoms with Gasteiger partial charge in [-0.3, -0.25) is 0 Å². The number of hydrogen-bond donors (Lipinski definition) is 0.